The number of carboxylic acid groups (broad SMARTS) is 1. The molecule has 0 saturated carbocycles. The Bertz CT molecular complexity index is 2320. The Morgan fingerprint density at radius 2 is 1.19 bits per heavy atom. The Balaban J connectivity index is 0.991. The van der Waals surface area contributed by atoms with Crippen LogP contribution in [0.15, 0.2) is 114 Å². The number of hydrogen-bond acceptors (Lipinski definition) is 8. The Hall–Kier alpha value is -7.16. The van der Waals surface area contributed by atoms with E-state index in [1.807, 2.05) is 6.07 Å². The van der Waals surface area contributed by atoms with Gasteiger partial charge in [0.1, 0.15) is 35.5 Å². The number of nitrogens with zero attached hydrogens (tertiary/aromatic N) is 2. The largest absolute Gasteiger partial charge is 0.465 e. The van der Waals surface area contributed by atoms with E-state index in [0.717, 1.165) is 10.9 Å². The quantitative estimate of drug-likeness (QED) is 0.106. The summed E-state index contributed by atoms with van der Waals surface area (Å²) in [6.07, 6.45) is 0.0140. The summed E-state index contributed by atoms with van der Waals surface area (Å²) in [5.41, 5.74) is 3.39. The molecule has 0 aliphatic carbocycles. The molecular weight excluding hydrogens is 745 g/mol. The van der Waals surface area contributed by atoms with Crippen molar-refractivity contribution in [2.45, 2.75) is 49.9 Å². The highest BCUT2D eigenvalue weighted by atomic mass is 16.5. The van der Waals surface area contributed by atoms with Crippen LogP contribution in [0.1, 0.15) is 48.9 Å². The van der Waals surface area contributed by atoms with Crippen molar-refractivity contribution in [3.63, 3.8) is 0 Å². The first-order valence-corrected chi connectivity index (χ1v) is 18.9. The van der Waals surface area contributed by atoms with Gasteiger partial charge in [-0.15, -0.1) is 0 Å². The van der Waals surface area contributed by atoms with E-state index in [0.29, 0.717) is 72.6 Å². The molecule has 3 heterocycles. The van der Waals surface area contributed by atoms with Gasteiger partial charge in [-0.25, -0.2) is 9.59 Å². The average Bonchev–Trinajstić information content (AvgIpc) is 4.03. The van der Waals surface area contributed by atoms with Crippen LogP contribution in [-0.2, 0) is 23.9 Å². The van der Waals surface area contributed by atoms with Gasteiger partial charge in [0.15, 0.2) is 0 Å². The lowest BCUT2D eigenvalue weighted by molar-refractivity contribution is -0.138. The standard InChI is InChI=1S/C43H42N6O9/c1-57-43(56)47-37(28-12-6-3-7-13-28)41(53)49-23-8-14-32(49)38(50)44-30-18-16-26(17-19-30)35-25-29-24-31(20-21-34(29)58-35)45-39(51)33-15-9-22-48(33)40(52)36(46-42(54)55)27-10-4-2-5-11-27/h2-7,10-13,16-21,24-25,32-33,36-37,46H,8-9,14-15,22-23H2,1H3,(H,44,50)(H,45,51)(H,47,56)(H,54,55)/t32-,33-,36+,37+/m0/s1. The summed E-state index contributed by atoms with van der Waals surface area (Å²) in [5.74, 6) is -1.08. The number of fused-ring (bicyclic) bond motifs is 1. The van der Waals surface area contributed by atoms with Gasteiger partial charge in [-0.05, 0) is 85.3 Å². The molecule has 7 rings (SSSR count). The molecular formula is C43H42N6O9. The number of anilines is 2. The van der Waals surface area contributed by atoms with E-state index in [9.17, 15) is 33.9 Å². The van der Waals surface area contributed by atoms with Gasteiger partial charge in [-0.3, -0.25) is 19.2 Å². The van der Waals surface area contributed by atoms with Crippen LogP contribution in [0.2, 0.25) is 0 Å². The summed E-state index contributed by atoms with van der Waals surface area (Å²) in [6.45, 7) is 0.678. The van der Waals surface area contributed by atoms with E-state index < -0.39 is 48.2 Å². The number of alkyl carbamates (subject to hydrolysis) is 1. The zero-order valence-electron chi connectivity index (χ0n) is 31.6. The molecule has 0 radical (unpaired) electrons. The van der Waals surface area contributed by atoms with Gasteiger partial charge in [0.2, 0.25) is 11.8 Å². The second kappa shape index (κ2) is 17.3. The van der Waals surface area contributed by atoms with Crippen molar-refractivity contribution in [3.05, 3.63) is 120 Å². The molecule has 0 bridgehead atoms. The maximum Gasteiger partial charge on any atom is 0.407 e. The topological polar surface area (TPSA) is 200 Å². The third kappa shape index (κ3) is 8.63. The van der Waals surface area contributed by atoms with Crippen LogP contribution >= 0.6 is 0 Å². The summed E-state index contributed by atoms with van der Waals surface area (Å²) in [4.78, 5) is 80.9. The third-order valence-electron chi connectivity index (χ3n) is 10.4. The summed E-state index contributed by atoms with van der Waals surface area (Å²) in [5, 5.41) is 20.9. The molecule has 15 nitrogen and oxygen atoms in total. The number of nitrogens with one attached hydrogen (secondary N) is 4. The number of furan rings is 1. The van der Waals surface area contributed by atoms with E-state index in [1.54, 1.807) is 103 Å². The lowest BCUT2D eigenvalue weighted by Crippen LogP contribution is -2.48. The van der Waals surface area contributed by atoms with Crippen LogP contribution in [0, 0.1) is 0 Å². The molecule has 4 atom stereocenters. The summed E-state index contributed by atoms with van der Waals surface area (Å²) in [7, 11) is 1.22. The van der Waals surface area contributed by atoms with Crippen molar-refractivity contribution in [3.8, 4) is 11.3 Å². The third-order valence-corrected chi connectivity index (χ3v) is 10.4. The number of rotatable bonds is 11. The molecule has 1 aromatic heterocycles. The predicted octanol–water partition coefficient (Wildman–Crippen LogP) is 6.07. The van der Waals surface area contributed by atoms with Crippen molar-refractivity contribution < 1.29 is 43.0 Å². The van der Waals surface area contributed by atoms with Crippen molar-refractivity contribution in [1.82, 2.24) is 20.4 Å². The van der Waals surface area contributed by atoms with Gasteiger partial charge < -0.3 is 45.3 Å². The zero-order valence-corrected chi connectivity index (χ0v) is 31.6. The molecule has 298 valence electrons. The van der Waals surface area contributed by atoms with Gasteiger partial charge in [-0.1, -0.05) is 60.7 Å². The SMILES string of the molecule is COC(=O)N[C@@H](C(=O)N1CCC[C@H]1C(=O)Nc1ccc(-c2cc3cc(NC(=O)[C@@H]4CCCN4C(=O)[C@H](NC(=O)O)c4ccccc4)ccc3o2)cc1)c1ccccc1. The number of amides is 6. The lowest BCUT2D eigenvalue weighted by Gasteiger charge is -2.28. The van der Waals surface area contributed by atoms with Gasteiger partial charge in [0.25, 0.3) is 11.8 Å². The molecule has 4 aromatic carbocycles. The summed E-state index contributed by atoms with van der Waals surface area (Å²) < 4.78 is 10.9. The fraction of sp³-hybridized carbons (Fsp3) is 0.256. The van der Waals surface area contributed by atoms with Crippen LogP contribution < -0.4 is 21.3 Å². The van der Waals surface area contributed by atoms with Crippen LogP contribution in [0.25, 0.3) is 22.3 Å². The maximum absolute atomic E-state index is 13.7. The Kier molecular flexibility index (Phi) is 11.7. The number of carbonyl (C=O) groups is 6. The number of ether oxygens (including phenoxy) is 1. The minimum Gasteiger partial charge on any atom is -0.465 e. The molecule has 6 amide bonds. The molecule has 15 heteroatoms. The van der Waals surface area contributed by atoms with E-state index in [2.05, 4.69) is 21.3 Å². The smallest absolute Gasteiger partial charge is 0.407 e. The van der Waals surface area contributed by atoms with Crippen LogP contribution in [0.3, 0.4) is 0 Å². The normalized spacial score (nSPS) is 17.3. The van der Waals surface area contributed by atoms with Crippen LogP contribution in [0.5, 0.6) is 0 Å². The van der Waals surface area contributed by atoms with Crippen LogP contribution in [0.4, 0.5) is 21.0 Å². The molecule has 5 N–H and O–H groups in total. The van der Waals surface area contributed by atoms with Gasteiger partial charge in [0, 0.05) is 35.4 Å². The van der Waals surface area contributed by atoms with Crippen LogP contribution in [-0.4, -0.2) is 83.0 Å². The minimum atomic E-state index is -1.34. The molecule has 0 unspecified atom stereocenters. The molecule has 58 heavy (non-hydrogen) atoms. The monoisotopic (exact) mass is 786 g/mol. The van der Waals surface area contributed by atoms with Crippen molar-refractivity contribution in [2.75, 3.05) is 30.8 Å². The molecule has 2 saturated heterocycles. The highest BCUT2D eigenvalue weighted by Gasteiger charge is 2.40. The number of carbonyl (C=O) groups excluding carboxylic acids is 5. The zero-order chi connectivity index (χ0) is 40.8. The first-order valence-electron chi connectivity index (χ1n) is 18.9. The maximum atomic E-state index is 13.7. The molecule has 2 fully saturated rings. The first-order chi connectivity index (χ1) is 28.1. The Labute approximate surface area is 333 Å². The molecule has 2 aliphatic rings. The number of methoxy groups -OCH3 is 1. The summed E-state index contributed by atoms with van der Waals surface area (Å²) >= 11 is 0. The predicted molar refractivity (Wildman–Crippen MR) is 213 cm³/mol. The first kappa shape index (κ1) is 39.1. The highest BCUT2D eigenvalue weighted by Crippen LogP contribution is 2.32. The fourth-order valence-corrected chi connectivity index (χ4v) is 7.54. The van der Waals surface area contributed by atoms with Crippen molar-refractivity contribution >= 4 is 58.2 Å². The second-order valence-electron chi connectivity index (χ2n) is 14.1. The average molecular weight is 787 g/mol. The van der Waals surface area contributed by atoms with Gasteiger partial charge in [0.05, 0.1) is 7.11 Å². The van der Waals surface area contributed by atoms with E-state index >= 15 is 0 Å². The second-order valence-corrected chi connectivity index (χ2v) is 14.1. The van der Waals surface area contributed by atoms with Gasteiger partial charge in [-0.2, -0.15) is 0 Å². The summed E-state index contributed by atoms with van der Waals surface area (Å²) in [6, 6.07) is 27.8. The number of hydrogen-bond donors (Lipinski definition) is 5. The van der Waals surface area contributed by atoms with Gasteiger partial charge >= 0.3 is 12.2 Å². The lowest BCUT2D eigenvalue weighted by atomic mass is 10.0. The fourth-order valence-electron chi connectivity index (χ4n) is 7.54. The number of benzene rings is 4. The molecule has 0 spiro atoms. The molecule has 2 aliphatic heterocycles. The number of likely N-dealkylation sites (tertiary alicyclic amines) is 2. The Morgan fingerprint density at radius 1 is 0.672 bits per heavy atom. The Morgan fingerprint density at radius 3 is 1.72 bits per heavy atom. The minimum absolute atomic E-state index is 0.318. The van der Waals surface area contributed by atoms with E-state index in [4.69, 9.17) is 9.15 Å². The highest BCUT2D eigenvalue weighted by molar-refractivity contribution is 6.01. The van der Waals surface area contributed by atoms with E-state index in [1.165, 1.54) is 16.9 Å². The van der Waals surface area contributed by atoms with E-state index in [-0.39, 0.29) is 11.8 Å². The van der Waals surface area contributed by atoms with Crippen molar-refractivity contribution in [2.24, 2.45) is 0 Å². The molecule has 5 aromatic rings. The van der Waals surface area contributed by atoms with Crippen molar-refractivity contribution in [1.29, 1.82) is 0 Å².